The lowest BCUT2D eigenvalue weighted by molar-refractivity contribution is 0.0930. The smallest absolute Gasteiger partial charge is 0.273 e. The van der Waals surface area contributed by atoms with Gasteiger partial charge in [-0.2, -0.15) is 0 Å². The highest BCUT2D eigenvalue weighted by molar-refractivity contribution is 7.13. The molecule has 0 spiro atoms. The minimum atomic E-state index is -0.283. The van der Waals surface area contributed by atoms with Crippen LogP contribution < -0.4 is 14.8 Å². The number of hydrogen-bond donors (Lipinski definition) is 1. The first kappa shape index (κ1) is 15.7. The molecule has 1 N–H and O–H groups in total. The molecule has 128 valence electrons. The third-order valence-corrected chi connectivity index (χ3v) is 4.81. The number of rotatable bonds is 4. The maximum Gasteiger partial charge on any atom is 0.273 e. The Bertz CT molecular complexity index is 888. The van der Waals surface area contributed by atoms with Gasteiger partial charge >= 0.3 is 0 Å². The summed E-state index contributed by atoms with van der Waals surface area (Å²) in [5, 5.41) is 8.73. The molecule has 3 heterocycles. The van der Waals surface area contributed by atoms with Gasteiger partial charge in [0.15, 0.2) is 23.0 Å². The normalized spacial score (nSPS) is 14.1. The highest BCUT2D eigenvalue weighted by Gasteiger charge is 2.19. The van der Waals surface area contributed by atoms with Gasteiger partial charge in [-0.3, -0.25) is 4.79 Å². The average molecular weight is 356 g/mol. The Morgan fingerprint density at radius 3 is 2.84 bits per heavy atom. The molecule has 4 rings (SSSR count). The molecule has 0 saturated carbocycles. The predicted molar refractivity (Wildman–Crippen MR) is 93.1 cm³/mol. The number of carbonyl (C=O) groups excluding carboxylic acids is 1. The van der Waals surface area contributed by atoms with Gasteiger partial charge in [0.2, 0.25) is 0 Å². The second kappa shape index (κ2) is 6.60. The first-order chi connectivity index (χ1) is 12.2. The van der Waals surface area contributed by atoms with E-state index in [-0.39, 0.29) is 17.6 Å². The van der Waals surface area contributed by atoms with Crippen molar-refractivity contribution in [3.05, 3.63) is 53.0 Å². The molecule has 0 radical (unpaired) electrons. The number of hydrogen-bond acceptors (Lipinski definition) is 6. The summed E-state index contributed by atoms with van der Waals surface area (Å²) in [5.74, 6) is 1.73. The first-order valence-electron chi connectivity index (χ1n) is 7.92. The largest absolute Gasteiger partial charge is 0.486 e. The standard InChI is InChI=1S/C18H16N2O4S/c1-11(12-4-5-14-15(9-12)23-7-6-22-14)19-18(21)13-10-16(24-20-13)17-3-2-8-25-17/h2-5,8-11H,6-7H2,1H3,(H,19,21). The third-order valence-electron chi connectivity index (χ3n) is 3.92. The summed E-state index contributed by atoms with van der Waals surface area (Å²) in [6.07, 6.45) is 0. The van der Waals surface area contributed by atoms with Gasteiger partial charge in [0.1, 0.15) is 13.2 Å². The molecule has 0 saturated heterocycles. The van der Waals surface area contributed by atoms with Crippen LogP contribution in [-0.2, 0) is 0 Å². The monoisotopic (exact) mass is 356 g/mol. The van der Waals surface area contributed by atoms with Gasteiger partial charge in [-0.15, -0.1) is 11.3 Å². The fourth-order valence-corrected chi connectivity index (χ4v) is 3.27. The minimum absolute atomic E-state index is 0.204. The van der Waals surface area contributed by atoms with Crippen molar-refractivity contribution in [3.63, 3.8) is 0 Å². The highest BCUT2D eigenvalue weighted by atomic mass is 32.1. The molecule has 7 heteroatoms. The Hall–Kier alpha value is -2.80. The molecule has 0 fully saturated rings. The topological polar surface area (TPSA) is 73.6 Å². The van der Waals surface area contributed by atoms with E-state index in [1.807, 2.05) is 42.6 Å². The summed E-state index contributed by atoms with van der Waals surface area (Å²) in [5.41, 5.74) is 1.19. The SMILES string of the molecule is CC(NC(=O)c1cc(-c2cccs2)on1)c1ccc2c(c1)OCCO2. The van der Waals surface area contributed by atoms with Gasteiger partial charge in [0.25, 0.3) is 5.91 Å². The van der Waals surface area contributed by atoms with E-state index in [1.54, 1.807) is 6.07 Å². The van der Waals surface area contributed by atoms with E-state index >= 15 is 0 Å². The average Bonchev–Trinajstić information content (AvgIpc) is 3.32. The van der Waals surface area contributed by atoms with Crippen LogP contribution in [0.2, 0.25) is 0 Å². The summed E-state index contributed by atoms with van der Waals surface area (Å²) in [7, 11) is 0. The van der Waals surface area contributed by atoms with E-state index in [9.17, 15) is 4.79 Å². The molecule has 1 amide bonds. The van der Waals surface area contributed by atoms with Crippen molar-refractivity contribution in [1.82, 2.24) is 10.5 Å². The van der Waals surface area contributed by atoms with Crippen molar-refractivity contribution in [3.8, 4) is 22.1 Å². The van der Waals surface area contributed by atoms with Crippen LogP contribution in [0.1, 0.15) is 29.0 Å². The molecule has 0 bridgehead atoms. The van der Waals surface area contributed by atoms with Crippen LogP contribution in [0.25, 0.3) is 10.6 Å². The van der Waals surface area contributed by atoms with Gasteiger partial charge < -0.3 is 19.3 Å². The fourth-order valence-electron chi connectivity index (χ4n) is 2.60. The first-order valence-corrected chi connectivity index (χ1v) is 8.79. The zero-order chi connectivity index (χ0) is 17.2. The summed E-state index contributed by atoms with van der Waals surface area (Å²) in [6.45, 7) is 2.99. The number of benzene rings is 1. The number of ether oxygens (including phenoxy) is 2. The lowest BCUT2D eigenvalue weighted by Crippen LogP contribution is -2.27. The Balaban J connectivity index is 1.47. The lowest BCUT2D eigenvalue weighted by Gasteiger charge is -2.20. The molecule has 1 atom stereocenters. The molecule has 1 aliphatic heterocycles. The van der Waals surface area contributed by atoms with E-state index < -0.39 is 0 Å². The van der Waals surface area contributed by atoms with E-state index in [4.69, 9.17) is 14.0 Å². The molecule has 3 aromatic rings. The zero-order valence-electron chi connectivity index (χ0n) is 13.5. The highest BCUT2D eigenvalue weighted by Crippen LogP contribution is 2.32. The predicted octanol–water partition coefficient (Wildman–Crippen LogP) is 3.67. The maximum atomic E-state index is 12.4. The number of fused-ring (bicyclic) bond motifs is 1. The van der Waals surface area contributed by atoms with Crippen molar-refractivity contribution in [1.29, 1.82) is 0 Å². The molecular weight excluding hydrogens is 340 g/mol. The van der Waals surface area contributed by atoms with Gasteiger partial charge in [0, 0.05) is 6.07 Å². The molecule has 1 aliphatic rings. The van der Waals surface area contributed by atoms with Crippen molar-refractivity contribution in [2.45, 2.75) is 13.0 Å². The molecule has 1 unspecified atom stereocenters. The van der Waals surface area contributed by atoms with E-state index in [0.29, 0.717) is 24.7 Å². The van der Waals surface area contributed by atoms with Crippen molar-refractivity contribution in [2.75, 3.05) is 13.2 Å². The summed E-state index contributed by atoms with van der Waals surface area (Å²) < 4.78 is 16.4. The Labute approximate surface area is 148 Å². The van der Waals surface area contributed by atoms with Crippen LogP contribution in [0.15, 0.2) is 46.3 Å². The van der Waals surface area contributed by atoms with E-state index in [2.05, 4.69) is 10.5 Å². The van der Waals surface area contributed by atoms with Crippen LogP contribution in [0.3, 0.4) is 0 Å². The number of nitrogens with one attached hydrogen (secondary N) is 1. The number of nitrogens with zero attached hydrogens (tertiary/aromatic N) is 1. The van der Waals surface area contributed by atoms with Crippen LogP contribution in [-0.4, -0.2) is 24.3 Å². The summed E-state index contributed by atoms with van der Waals surface area (Å²) in [4.78, 5) is 13.4. The second-order valence-electron chi connectivity index (χ2n) is 5.65. The van der Waals surface area contributed by atoms with E-state index in [1.165, 1.54) is 11.3 Å². The van der Waals surface area contributed by atoms with Gasteiger partial charge in [-0.1, -0.05) is 17.3 Å². The zero-order valence-corrected chi connectivity index (χ0v) is 14.3. The molecule has 6 nitrogen and oxygen atoms in total. The Morgan fingerprint density at radius 1 is 1.20 bits per heavy atom. The van der Waals surface area contributed by atoms with Crippen molar-refractivity contribution >= 4 is 17.2 Å². The minimum Gasteiger partial charge on any atom is -0.486 e. The molecule has 1 aromatic carbocycles. The van der Waals surface area contributed by atoms with Crippen molar-refractivity contribution < 1.29 is 18.8 Å². The number of carbonyl (C=O) groups is 1. The Kier molecular flexibility index (Phi) is 4.15. The van der Waals surface area contributed by atoms with Gasteiger partial charge in [-0.05, 0) is 36.1 Å². The number of thiophene rings is 1. The van der Waals surface area contributed by atoms with Crippen LogP contribution >= 0.6 is 11.3 Å². The quantitative estimate of drug-likeness (QED) is 0.772. The van der Waals surface area contributed by atoms with Gasteiger partial charge in [0.05, 0.1) is 10.9 Å². The lowest BCUT2D eigenvalue weighted by atomic mass is 10.1. The molecular formula is C18H16N2O4S. The maximum absolute atomic E-state index is 12.4. The van der Waals surface area contributed by atoms with Crippen LogP contribution in [0.4, 0.5) is 0 Å². The molecule has 25 heavy (non-hydrogen) atoms. The number of aromatic nitrogens is 1. The second-order valence-corrected chi connectivity index (χ2v) is 6.60. The summed E-state index contributed by atoms with van der Waals surface area (Å²) >= 11 is 1.53. The van der Waals surface area contributed by atoms with Crippen LogP contribution in [0.5, 0.6) is 11.5 Å². The summed E-state index contributed by atoms with van der Waals surface area (Å²) in [6, 6.07) is 11.0. The third kappa shape index (κ3) is 3.23. The van der Waals surface area contributed by atoms with Crippen LogP contribution in [0, 0.1) is 0 Å². The number of amides is 1. The molecule has 0 aliphatic carbocycles. The Morgan fingerprint density at radius 2 is 2.04 bits per heavy atom. The fraction of sp³-hybridized carbons (Fsp3) is 0.222. The van der Waals surface area contributed by atoms with E-state index in [0.717, 1.165) is 16.2 Å². The van der Waals surface area contributed by atoms with Crippen molar-refractivity contribution in [2.24, 2.45) is 0 Å². The van der Waals surface area contributed by atoms with Gasteiger partial charge in [-0.25, -0.2) is 0 Å². The molecule has 2 aromatic heterocycles.